The molecule has 0 bridgehead atoms. The van der Waals surface area contributed by atoms with Crippen LogP contribution in [0, 0.1) is 5.82 Å². The van der Waals surface area contributed by atoms with Crippen LogP contribution < -0.4 is 0 Å². The highest BCUT2D eigenvalue weighted by atomic mass is 19.1. The Labute approximate surface area is 133 Å². The van der Waals surface area contributed by atoms with Crippen molar-refractivity contribution in [2.45, 2.75) is 84.0 Å². The van der Waals surface area contributed by atoms with E-state index in [1.807, 2.05) is 0 Å². The minimum Gasteiger partial charge on any atom is -0.476 e. The molecule has 22 heavy (non-hydrogen) atoms. The van der Waals surface area contributed by atoms with E-state index in [-0.39, 0.29) is 5.69 Å². The molecule has 0 fully saturated rings. The molecule has 0 aliphatic heterocycles. The first-order valence-corrected chi connectivity index (χ1v) is 8.75. The van der Waals surface area contributed by atoms with Crippen molar-refractivity contribution in [3.63, 3.8) is 0 Å². The molecule has 1 aromatic rings. The molecule has 0 amide bonds. The standard InChI is InChI=1S/C18H30FNO2/c1-2-3-4-5-6-7-8-9-10-11-12-13-15-14-16(19)17(20-15)18(21)22/h14,20H,2-13H2,1H3,(H,21,22). The maximum absolute atomic E-state index is 13.3. The summed E-state index contributed by atoms with van der Waals surface area (Å²) in [6, 6.07) is 1.31. The first-order valence-electron chi connectivity index (χ1n) is 8.75. The van der Waals surface area contributed by atoms with Crippen molar-refractivity contribution in [3.05, 3.63) is 23.3 Å². The number of carboxylic acids is 1. The van der Waals surface area contributed by atoms with Gasteiger partial charge >= 0.3 is 5.97 Å². The van der Waals surface area contributed by atoms with Crippen molar-refractivity contribution in [2.75, 3.05) is 0 Å². The van der Waals surface area contributed by atoms with Gasteiger partial charge in [-0.3, -0.25) is 0 Å². The summed E-state index contributed by atoms with van der Waals surface area (Å²) in [6.45, 7) is 2.24. The number of H-pyrrole nitrogens is 1. The van der Waals surface area contributed by atoms with Crippen LogP contribution in [0.4, 0.5) is 4.39 Å². The number of aryl methyl sites for hydroxylation is 1. The minimum absolute atomic E-state index is 0.321. The number of halogens is 1. The Kier molecular flexibility index (Phi) is 9.60. The Morgan fingerprint density at radius 1 is 1.00 bits per heavy atom. The van der Waals surface area contributed by atoms with Crippen molar-refractivity contribution >= 4 is 5.97 Å². The quantitative estimate of drug-likeness (QED) is 0.459. The van der Waals surface area contributed by atoms with Gasteiger partial charge in [0.2, 0.25) is 0 Å². The first kappa shape index (κ1) is 18.7. The van der Waals surface area contributed by atoms with Crippen LogP contribution in [0.15, 0.2) is 6.07 Å². The molecule has 0 saturated heterocycles. The zero-order valence-electron chi connectivity index (χ0n) is 13.8. The average molecular weight is 311 g/mol. The number of aromatic carboxylic acids is 1. The van der Waals surface area contributed by atoms with Crippen LogP contribution in [0.5, 0.6) is 0 Å². The van der Waals surface area contributed by atoms with Gasteiger partial charge in [-0.15, -0.1) is 0 Å². The number of unbranched alkanes of at least 4 members (excludes halogenated alkanes) is 10. The van der Waals surface area contributed by atoms with Crippen molar-refractivity contribution in [3.8, 4) is 0 Å². The number of nitrogens with one attached hydrogen (secondary N) is 1. The molecule has 0 saturated carbocycles. The van der Waals surface area contributed by atoms with E-state index in [2.05, 4.69) is 11.9 Å². The summed E-state index contributed by atoms with van der Waals surface area (Å²) in [5.41, 5.74) is 0.365. The average Bonchev–Trinajstić information content (AvgIpc) is 2.86. The lowest BCUT2D eigenvalue weighted by Crippen LogP contribution is -1.99. The number of carboxylic acid groups (broad SMARTS) is 1. The highest BCUT2D eigenvalue weighted by Gasteiger charge is 2.13. The number of rotatable bonds is 13. The van der Waals surface area contributed by atoms with Crippen LogP contribution in [-0.2, 0) is 6.42 Å². The summed E-state index contributed by atoms with van der Waals surface area (Å²) >= 11 is 0. The van der Waals surface area contributed by atoms with Gasteiger partial charge in [0, 0.05) is 5.69 Å². The molecule has 0 aliphatic carbocycles. The largest absolute Gasteiger partial charge is 0.476 e. The smallest absolute Gasteiger partial charge is 0.355 e. The van der Waals surface area contributed by atoms with E-state index in [0.717, 1.165) is 19.3 Å². The molecule has 1 heterocycles. The van der Waals surface area contributed by atoms with E-state index in [0.29, 0.717) is 5.69 Å². The lowest BCUT2D eigenvalue weighted by Gasteiger charge is -2.02. The van der Waals surface area contributed by atoms with Crippen LogP contribution in [0.1, 0.15) is 93.7 Å². The monoisotopic (exact) mass is 311 g/mol. The summed E-state index contributed by atoms with van der Waals surface area (Å²) in [5, 5.41) is 8.77. The van der Waals surface area contributed by atoms with Gasteiger partial charge in [0.25, 0.3) is 0 Å². The van der Waals surface area contributed by atoms with Gasteiger partial charge in [0.15, 0.2) is 11.5 Å². The van der Waals surface area contributed by atoms with Crippen molar-refractivity contribution in [2.24, 2.45) is 0 Å². The maximum Gasteiger partial charge on any atom is 0.355 e. The number of hydrogen-bond donors (Lipinski definition) is 2. The Balaban J connectivity index is 1.97. The molecule has 4 heteroatoms. The third-order valence-corrected chi connectivity index (χ3v) is 4.09. The molecule has 0 radical (unpaired) electrons. The van der Waals surface area contributed by atoms with Crippen LogP contribution in [0.25, 0.3) is 0 Å². The second-order valence-electron chi connectivity index (χ2n) is 6.11. The SMILES string of the molecule is CCCCCCCCCCCCCc1cc(F)c(C(=O)O)[nH]1. The van der Waals surface area contributed by atoms with E-state index in [1.54, 1.807) is 0 Å². The fraction of sp³-hybridized carbons (Fsp3) is 0.722. The normalized spacial score (nSPS) is 11.0. The van der Waals surface area contributed by atoms with E-state index in [9.17, 15) is 9.18 Å². The second kappa shape index (κ2) is 11.3. The zero-order chi connectivity index (χ0) is 16.2. The Bertz CT molecular complexity index is 429. The molecule has 126 valence electrons. The van der Waals surface area contributed by atoms with Gasteiger partial charge in [0.05, 0.1) is 0 Å². The first-order chi connectivity index (χ1) is 10.6. The predicted octanol–water partition coefficient (Wildman–Crippen LogP) is 5.71. The zero-order valence-corrected chi connectivity index (χ0v) is 13.8. The molecule has 0 atom stereocenters. The summed E-state index contributed by atoms with van der Waals surface area (Å²) in [7, 11) is 0. The summed E-state index contributed by atoms with van der Waals surface area (Å²) in [5.74, 6) is -1.90. The second-order valence-corrected chi connectivity index (χ2v) is 6.11. The van der Waals surface area contributed by atoms with E-state index in [1.165, 1.54) is 63.9 Å². The third-order valence-electron chi connectivity index (χ3n) is 4.09. The van der Waals surface area contributed by atoms with Gasteiger partial charge in [-0.25, -0.2) is 9.18 Å². The number of carbonyl (C=O) groups is 1. The lowest BCUT2D eigenvalue weighted by molar-refractivity contribution is 0.0686. The van der Waals surface area contributed by atoms with E-state index in [4.69, 9.17) is 5.11 Å². The highest BCUT2D eigenvalue weighted by Crippen LogP contribution is 2.14. The van der Waals surface area contributed by atoms with Crippen molar-refractivity contribution in [1.29, 1.82) is 0 Å². The Morgan fingerprint density at radius 3 is 1.95 bits per heavy atom. The van der Waals surface area contributed by atoms with Crippen LogP contribution >= 0.6 is 0 Å². The van der Waals surface area contributed by atoms with E-state index >= 15 is 0 Å². The summed E-state index contributed by atoms with van der Waals surface area (Å²) in [4.78, 5) is 13.4. The topological polar surface area (TPSA) is 53.1 Å². The molecular weight excluding hydrogens is 281 g/mol. The molecule has 0 aromatic carbocycles. The van der Waals surface area contributed by atoms with Gasteiger partial charge in [-0.1, -0.05) is 71.1 Å². The summed E-state index contributed by atoms with van der Waals surface area (Å²) in [6.07, 6.45) is 14.7. The molecule has 0 aliphatic rings. The van der Waals surface area contributed by atoms with Gasteiger partial charge < -0.3 is 10.1 Å². The maximum atomic E-state index is 13.3. The molecule has 1 rings (SSSR count). The van der Waals surface area contributed by atoms with Crippen LogP contribution in [0.3, 0.4) is 0 Å². The number of hydrogen-bond acceptors (Lipinski definition) is 1. The fourth-order valence-corrected chi connectivity index (χ4v) is 2.75. The van der Waals surface area contributed by atoms with E-state index < -0.39 is 11.8 Å². The Morgan fingerprint density at radius 2 is 1.50 bits per heavy atom. The van der Waals surface area contributed by atoms with Gasteiger partial charge in [-0.2, -0.15) is 0 Å². The van der Waals surface area contributed by atoms with Crippen molar-refractivity contribution < 1.29 is 14.3 Å². The third kappa shape index (κ3) is 7.62. The summed E-state index contributed by atoms with van der Waals surface area (Å²) < 4.78 is 13.3. The van der Waals surface area contributed by atoms with Crippen LogP contribution in [-0.4, -0.2) is 16.1 Å². The Hall–Kier alpha value is -1.32. The molecule has 0 unspecified atom stereocenters. The molecule has 1 aromatic heterocycles. The molecular formula is C18H30FNO2. The number of aromatic amines is 1. The van der Waals surface area contributed by atoms with Crippen molar-refractivity contribution in [1.82, 2.24) is 4.98 Å². The number of aromatic nitrogens is 1. The highest BCUT2D eigenvalue weighted by molar-refractivity contribution is 5.85. The predicted molar refractivity (Wildman–Crippen MR) is 87.9 cm³/mol. The molecule has 0 spiro atoms. The fourth-order valence-electron chi connectivity index (χ4n) is 2.75. The van der Waals surface area contributed by atoms with Crippen LogP contribution in [0.2, 0.25) is 0 Å². The molecule has 2 N–H and O–H groups in total. The van der Waals surface area contributed by atoms with Gasteiger partial charge in [0.1, 0.15) is 0 Å². The lowest BCUT2D eigenvalue weighted by atomic mass is 10.0. The van der Waals surface area contributed by atoms with Gasteiger partial charge in [-0.05, 0) is 18.9 Å². The molecule has 3 nitrogen and oxygen atoms in total. The minimum atomic E-state index is -1.23.